The highest BCUT2D eigenvalue weighted by atomic mass is 16.6. The van der Waals surface area contributed by atoms with E-state index in [0.29, 0.717) is 19.3 Å². The first-order chi connectivity index (χ1) is 38.5. The van der Waals surface area contributed by atoms with Crippen LogP contribution in [0.3, 0.4) is 0 Å². The Labute approximate surface area is 484 Å². The normalized spacial score (nSPS) is 12.6. The Morgan fingerprint density at radius 2 is 0.500 bits per heavy atom. The first-order valence-electron chi connectivity index (χ1n) is 33.6. The van der Waals surface area contributed by atoms with Gasteiger partial charge in [-0.05, 0) is 116 Å². The second-order valence-corrected chi connectivity index (χ2v) is 22.3. The van der Waals surface area contributed by atoms with E-state index < -0.39 is 6.10 Å². The van der Waals surface area contributed by atoms with Gasteiger partial charge in [0.15, 0.2) is 6.10 Å². The monoisotopic (exact) mass is 1090 g/mol. The number of hydrogen-bond donors (Lipinski definition) is 0. The average Bonchev–Trinajstić information content (AvgIpc) is 3.44. The number of rotatable bonds is 61. The summed E-state index contributed by atoms with van der Waals surface area (Å²) in [5, 5.41) is 0. The molecule has 0 aliphatic carbocycles. The quantitative estimate of drug-likeness (QED) is 0.0261. The summed E-state index contributed by atoms with van der Waals surface area (Å²) in [6.45, 7) is 6.53. The smallest absolute Gasteiger partial charge is 0.306 e. The van der Waals surface area contributed by atoms with Crippen molar-refractivity contribution in [3.8, 4) is 0 Å². The molecule has 1 atom stereocenters. The van der Waals surface area contributed by atoms with Crippen molar-refractivity contribution in [3.05, 3.63) is 85.1 Å². The lowest BCUT2D eigenvalue weighted by Gasteiger charge is -2.18. The van der Waals surface area contributed by atoms with Crippen LogP contribution < -0.4 is 0 Å². The van der Waals surface area contributed by atoms with Crippen molar-refractivity contribution in [2.75, 3.05) is 13.2 Å². The summed E-state index contributed by atoms with van der Waals surface area (Å²) in [4.78, 5) is 38.3. The maximum absolute atomic E-state index is 12.9. The van der Waals surface area contributed by atoms with Crippen molar-refractivity contribution in [2.45, 2.75) is 341 Å². The number of unbranched alkanes of at least 4 members (excludes halogenated alkanes) is 36. The molecule has 0 radical (unpaired) electrons. The van der Waals surface area contributed by atoms with Crippen molar-refractivity contribution in [1.82, 2.24) is 0 Å². The summed E-state index contributed by atoms with van der Waals surface area (Å²) in [7, 11) is 0. The summed E-state index contributed by atoms with van der Waals surface area (Å²) < 4.78 is 16.9. The molecule has 6 heteroatoms. The summed E-state index contributed by atoms with van der Waals surface area (Å²) in [6, 6.07) is 0. The fourth-order valence-corrected chi connectivity index (χ4v) is 9.58. The summed E-state index contributed by atoms with van der Waals surface area (Å²) in [5.41, 5.74) is 0. The first-order valence-corrected chi connectivity index (χ1v) is 33.6. The molecule has 78 heavy (non-hydrogen) atoms. The maximum Gasteiger partial charge on any atom is 0.306 e. The molecule has 0 bridgehead atoms. The number of esters is 3. The van der Waals surface area contributed by atoms with E-state index >= 15 is 0 Å². The van der Waals surface area contributed by atoms with Gasteiger partial charge in [-0.3, -0.25) is 14.4 Å². The minimum atomic E-state index is -0.786. The van der Waals surface area contributed by atoms with Crippen LogP contribution in [0.15, 0.2) is 85.1 Å². The zero-order valence-corrected chi connectivity index (χ0v) is 51.7. The fraction of sp³-hybridized carbons (Fsp3) is 0.764. The van der Waals surface area contributed by atoms with Gasteiger partial charge in [0.25, 0.3) is 0 Å². The third-order valence-electron chi connectivity index (χ3n) is 14.6. The summed E-state index contributed by atoms with van der Waals surface area (Å²) in [5.74, 6) is -0.888. The molecule has 0 aromatic heterocycles. The number of carbonyl (C=O) groups excluding carboxylic acids is 3. The van der Waals surface area contributed by atoms with Gasteiger partial charge < -0.3 is 14.2 Å². The van der Waals surface area contributed by atoms with Crippen LogP contribution in [0.5, 0.6) is 0 Å². The molecule has 0 saturated carbocycles. The molecular formula is C72H126O6. The molecule has 6 nitrogen and oxygen atoms in total. The molecule has 0 aromatic carbocycles. The molecule has 0 rings (SSSR count). The lowest BCUT2D eigenvalue weighted by atomic mass is 10.0. The molecular weight excluding hydrogens is 961 g/mol. The Morgan fingerprint density at radius 3 is 0.795 bits per heavy atom. The number of carbonyl (C=O) groups is 3. The molecule has 0 spiro atoms. The van der Waals surface area contributed by atoms with Crippen LogP contribution in [0.4, 0.5) is 0 Å². The van der Waals surface area contributed by atoms with Crippen LogP contribution in [0.25, 0.3) is 0 Å². The molecule has 0 amide bonds. The van der Waals surface area contributed by atoms with Gasteiger partial charge in [-0.2, -0.15) is 0 Å². The van der Waals surface area contributed by atoms with Gasteiger partial charge in [0.1, 0.15) is 13.2 Å². The lowest BCUT2D eigenvalue weighted by molar-refractivity contribution is -0.167. The Kier molecular flexibility index (Phi) is 63.2. The average molecular weight is 1090 g/mol. The largest absolute Gasteiger partial charge is 0.462 e. The Morgan fingerprint density at radius 1 is 0.269 bits per heavy atom. The third kappa shape index (κ3) is 63.4. The maximum atomic E-state index is 12.9. The van der Waals surface area contributed by atoms with Crippen molar-refractivity contribution >= 4 is 17.9 Å². The Balaban J connectivity index is 4.26. The van der Waals surface area contributed by atoms with Crippen LogP contribution in [0, 0.1) is 0 Å². The second kappa shape index (κ2) is 66.1. The van der Waals surface area contributed by atoms with Gasteiger partial charge in [0, 0.05) is 19.3 Å². The van der Waals surface area contributed by atoms with Crippen LogP contribution in [-0.2, 0) is 28.6 Å². The predicted molar refractivity (Wildman–Crippen MR) is 339 cm³/mol. The van der Waals surface area contributed by atoms with E-state index in [1.165, 1.54) is 193 Å². The van der Waals surface area contributed by atoms with Crippen LogP contribution in [0.2, 0.25) is 0 Å². The van der Waals surface area contributed by atoms with E-state index in [0.717, 1.165) is 103 Å². The van der Waals surface area contributed by atoms with Gasteiger partial charge in [0.2, 0.25) is 0 Å². The predicted octanol–water partition coefficient (Wildman–Crippen LogP) is 23.1. The SMILES string of the molecule is CC/C=C\C/C=C\C/C=C\CCCCCCCCCC(=O)OC(COC(=O)CCCCCCC/C=C\CCCCCCC)COC(=O)CCCCCCCCCCCCCCCC/C=C\C/C=C\C/C=C\CCCCCCC. The van der Waals surface area contributed by atoms with Crippen molar-refractivity contribution in [1.29, 1.82) is 0 Å². The lowest BCUT2D eigenvalue weighted by Crippen LogP contribution is -2.30. The molecule has 0 saturated heterocycles. The molecule has 0 aliphatic rings. The minimum Gasteiger partial charge on any atom is -0.462 e. The molecule has 0 aliphatic heterocycles. The Bertz CT molecular complexity index is 1480. The van der Waals surface area contributed by atoms with Gasteiger partial charge in [-0.25, -0.2) is 0 Å². The third-order valence-corrected chi connectivity index (χ3v) is 14.6. The molecule has 0 heterocycles. The molecule has 0 aromatic rings. The van der Waals surface area contributed by atoms with E-state index in [2.05, 4.69) is 106 Å². The van der Waals surface area contributed by atoms with Gasteiger partial charge >= 0.3 is 17.9 Å². The number of ether oxygens (including phenoxy) is 3. The highest BCUT2D eigenvalue weighted by Gasteiger charge is 2.19. The molecule has 0 fully saturated rings. The Hall–Kier alpha value is -3.41. The highest BCUT2D eigenvalue weighted by molar-refractivity contribution is 5.71. The van der Waals surface area contributed by atoms with Gasteiger partial charge in [-0.1, -0.05) is 286 Å². The number of hydrogen-bond acceptors (Lipinski definition) is 6. The van der Waals surface area contributed by atoms with Crippen LogP contribution >= 0.6 is 0 Å². The van der Waals surface area contributed by atoms with Gasteiger partial charge in [0.05, 0.1) is 0 Å². The van der Waals surface area contributed by atoms with E-state index in [1.54, 1.807) is 0 Å². The van der Waals surface area contributed by atoms with E-state index in [-0.39, 0.29) is 31.1 Å². The zero-order chi connectivity index (χ0) is 56.4. The molecule has 0 N–H and O–H groups in total. The first kappa shape index (κ1) is 74.6. The standard InChI is InChI=1S/C72H126O6/c1-4-7-10-13-16-19-22-25-28-30-31-32-33-34-35-36-37-38-39-40-41-43-44-47-50-53-56-59-62-65-71(74)77-68-69(67-76-70(73)64-61-58-55-52-49-46-27-24-21-18-15-12-9-6-3)78-72(75)66-63-60-57-54-51-48-45-42-29-26-23-20-17-14-11-8-5-2/h8,11,17,20,22,24-27,29-31,33-34,69H,4-7,9-10,12-16,18-19,21,23,28,32,35-68H2,1-3H3/b11-8-,20-17-,25-22-,27-24-,29-26-,31-30-,34-33-. The van der Waals surface area contributed by atoms with Crippen LogP contribution in [0.1, 0.15) is 335 Å². The summed E-state index contributed by atoms with van der Waals surface area (Å²) >= 11 is 0. The van der Waals surface area contributed by atoms with Crippen LogP contribution in [-0.4, -0.2) is 37.2 Å². The van der Waals surface area contributed by atoms with E-state index in [9.17, 15) is 14.4 Å². The fourth-order valence-electron chi connectivity index (χ4n) is 9.58. The van der Waals surface area contributed by atoms with E-state index in [1.807, 2.05) is 0 Å². The van der Waals surface area contributed by atoms with E-state index in [4.69, 9.17) is 14.2 Å². The minimum absolute atomic E-state index is 0.0818. The summed E-state index contributed by atoms with van der Waals surface area (Å²) in [6.07, 6.45) is 87.4. The zero-order valence-electron chi connectivity index (χ0n) is 51.7. The number of allylic oxidation sites excluding steroid dienone is 14. The highest BCUT2D eigenvalue weighted by Crippen LogP contribution is 2.17. The second-order valence-electron chi connectivity index (χ2n) is 22.3. The molecule has 1 unspecified atom stereocenters. The van der Waals surface area contributed by atoms with Crippen molar-refractivity contribution in [2.24, 2.45) is 0 Å². The van der Waals surface area contributed by atoms with Crippen molar-refractivity contribution in [3.63, 3.8) is 0 Å². The molecule has 450 valence electrons. The topological polar surface area (TPSA) is 78.9 Å². The van der Waals surface area contributed by atoms with Gasteiger partial charge in [-0.15, -0.1) is 0 Å². The van der Waals surface area contributed by atoms with Crippen molar-refractivity contribution < 1.29 is 28.6 Å².